The van der Waals surface area contributed by atoms with Crippen LogP contribution in [0.3, 0.4) is 0 Å². The van der Waals surface area contributed by atoms with E-state index in [2.05, 4.69) is 35.9 Å². The molecule has 5 rings (SSSR count). The van der Waals surface area contributed by atoms with E-state index in [0.29, 0.717) is 50.6 Å². The Balaban J connectivity index is 1.40. The first-order valence-electron chi connectivity index (χ1n) is 14.2. The first kappa shape index (κ1) is 25.4. The smallest absolute Gasteiger partial charge is 0.227 e. The molecule has 198 valence electrons. The molecule has 2 aliphatic heterocycles. The summed E-state index contributed by atoms with van der Waals surface area (Å²) >= 11 is 0. The number of hydrogen-bond acceptors (Lipinski definition) is 7. The summed E-state index contributed by atoms with van der Waals surface area (Å²) in [5.41, 5.74) is 1.92. The van der Waals surface area contributed by atoms with Crippen molar-refractivity contribution in [3.63, 3.8) is 0 Å². The molecule has 0 bridgehead atoms. The highest BCUT2D eigenvalue weighted by Gasteiger charge is 2.38. The number of nitrogens with one attached hydrogen (secondary N) is 1. The van der Waals surface area contributed by atoms with Crippen molar-refractivity contribution in [3.8, 4) is 0 Å². The topological polar surface area (TPSA) is 81.7 Å². The number of amides is 1. The molecule has 1 amide bonds. The highest BCUT2D eigenvalue weighted by molar-refractivity contribution is 5.73. The summed E-state index contributed by atoms with van der Waals surface area (Å²) in [4.78, 5) is 40.3. The van der Waals surface area contributed by atoms with Crippen molar-refractivity contribution in [3.05, 3.63) is 11.3 Å². The minimum absolute atomic E-state index is 0.113. The van der Waals surface area contributed by atoms with Gasteiger partial charge in [0.15, 0.2) is 0 Å². The lowest BCUT2D eigenvalue weighted by molar-refractivity contribution is -0.129. The summed E-state index contributed by atoms with van der Waals surface area (Å²) in [5, 5.41) is 3.83. The van der Waals surface area contributed by atoms with Crippen LogP contribution in [0, 0.1) is 17.8 Å². The standard InChI is InChI=1S/C28H44N6O2/c1-18(2)34-16-24-26(25(34)17-35)30-28(33-13-11-32(12-14-33)20(4)36)31-27(24)29-19(3)22-10-9-21-7-5-6-8-23(21)15-22/h17-19,21-23,25H,5-16H2,1-4H3,(H,29,30,31)/t19?,21?,22?,23?,25-/m0/s1. The maximum Gasteiger partial charge on any atom is 0.227 e. The molecule has 8 heteroatoms. The van der Waals surface area contributed by atoms with Gasteiger partial charge in [-0.15, -0.1) is 0 Å². The number of rotatable bonds is 6. The Hall–Kier alpha value is -2.22. The lowest BCUT2D eigenvalue weighted by atomic mass is 9.66. The SMILES string of the molecule is CC(=O)N1CCN(c2nc(NC(C)C3CCC4CCCCC4C3)c3c(n2)[C@H](C=O)N(C(C)C)C3)CC1. The van der Waals surface area contributed by atoms with Gasteiger partial charge in [-0.05, 0) is 57.8 Å². The molecule has 0 aromatic carbocycles. The number of piperazine rings is 1. The van der Waals surface area contributed by atoms with Crippen LogP contribution < -0.4 is 10.2 Å². The van der Waals surface area contributed by atoms with Crippen molar-refractivity contribution >= 4 is 24.0 Å². The fraction of sp³-hybridized carbons (Fsp3) is 0.786. The minimum atomic E-state index is -0.339. The molecule has 1 saturated heterocycles. The molecule has 1 N–H and O–H groups in total. The van der Waals surface area contributed by atoms with Crippen LogP contribution >= 0.6 is 0 Å². The predicted molar refractivity (Wildman–Crippen MR) is 142 cm³/mol. The molecule has 2 saturated carbocycles. The van der Waals surface area contributed by atoms with E-state index in [1.54, 1.807) is 6.92 Å². The number of carbonyl (C=O) groups excluding carboxylic acids is 2. The lowest BCUT2D eigenvalue weighted by Crippen LogP contribution is -2.48. The van der Waals surface area contributed by atoms with Gasteiger partial charge < -0.3 is 19.9 Å². The molecule has 4 aliphatic rings. The lowest BCUT2D eigenvalue weighted by Gasteiger charge is -2.41. The van der Waals surface area contributed by atoms with Crippen molar-refractivity contribution in [2.75, 3.05) is 36.4 Å². The van der Waals surface area contributed by atoms with Gasteiger partial charge in [0.25, 0.3) is 0 Å². The summed E-state index contributed by atoms with van der Waals surface area (Å²) in [6, 6.07) is 0.231. The zero-order valence-electron chi connectivity index (χ0n) is 22.6. The van der Waals surface area contributed by atoms with Crippen LogP contribution in [0.2, 0.25) is 0 Å². The Morgan fingerprint density at radius 2 is 1.72 bits per heavy atom. The number of anilines is 2. The van der Waals surface area contributed by atoms with Gasteiger partial charge in [-0.1, -0.05) is 25.7 Å². The molecule has 0 spiro atoms. The highest BCUT2D eigenvalue weighted by atomic mass is 16.2. The summed E-state index contributed by atoms with van der Waals surface area (Å²) < 4.78 is 0. The van der Waals surface area contributed by atoms with E-state index in [0.717, 1.165) is 35.2 Å². The Bertz CT molecular complexity index is 960. The Labute approximate surface area is 216 Å². The van der Waals surface area contributed by atoms with Crippen molar-refractivity contribution in [1.29, 1.82) is 0 Å². The van der Waals surface area contributed by atoms with E-state index in [1.165, 1.54) is 44.9 Å². The van der Waals surface area contributed by atoms with E-state index in [1.807, 2.05) is 4.90 Å². The molecule has 3 fully saturated rings. The van der Waals surface area contributed by atoms with E-state index < -0.39 is 0 Å². The number of carbonyl (C=O) groups is 2. The Morgan fingerprint density at radius 1 is 1.00 bits per heavy atom. The van der Waals surface area contributed by atoms with E-state index in [9.17, 15) is 9.59 Å². The fourth-order valence-corrected chi connectivity index (χ4v) is 7.15. The van der Waals surface area contributed by atoms with Crippen LogP contribution in [0.25, 0.3) is 0 Å². The third-order valence-electron chi connectivity index (χ3n) is 9.46. The summed E-state index contributed by atoms with van der Waals surface area (Å²) in [7, 11) is 0. The van der Waals surface area contributed by atoms with Gasteiger partial charge in [0, 0.05) is 57.3 Å². The zero-order valence-corrected chi connectivity index (χ0v) is 22.6. The molecule has 8 nitrogen and oxygen atoms in total. The number of nitrogens with zero attached hydrogens (tertiary/aromatic N) is 5. The molecule has 5 atom stereocenters. The molecule has 0 radical (unpaired) electrons. The van der Waals surface area contributed by atoms with Crippen molar-refractivity contribution < 1.29 is 9.59 Å². The third kappa shape index (κ3) is 4.98. The van der Waals surface area contributed by atoms with E-state index in [-0.39, 0.29) is 18.0 Å². The molecule has 1 aromatic heterocycles. The van der Waals surface area contributed by atoms with Gasteiger partial charge in [-0.3, -0.25) is 9.69 Å². The van der Waals surface area contributed by atoms with Crippen LogP contribution in [0.4, 0.5) is 11.8 Å². The van der Waals surface area contributed by atoms with Crippen molar-refractivity contribution in [2.24, 2.45) is 17.8 Å². The second-order valence-corrected chi connectivity index (χ2v) is 11.9. The summed E-state index contributed by atoms with van der Waals surface area (Å²) in [6.45, 7) is 11.7. The first-order valence-corrected chi connectivity index (χ1v) is 14.2. The van der Waals surface area contributed by atoms with Crippen LogP contribution in [0.1, 0.15) is 89.9 Å². The average Bonchev–Trinajstić information content (AvgIpc) is 3.27. The molecular formula is C28H44N6O2. The van der Waals surface area contributed by atoms with E-state index >= 15 is 0 Å². The number of hydrogen-bond donors (Lipinski definition) is 1. The van der Waals surface area contributed by atoms with Gasteiger partial charge in [-0.2, -0.15) is 4.98 Å². The highest BCUT2D eigenvalue weighted by Crippen LogP contribution is 2.44. The maximum atomic E-state index is 12.2. The number of aldehydes is 1. The molecule has 4 unspecified atom stereocenters. The first-order chi connectivity index (χ1) is 17.4. The van der Waals surface area contributed by atoms with Crippen LogP contribution in [0.5, 0.6) is 0 Å². The summed E-state index contributed by atoms with van der Waals surface area (Å²) in [5.74, 6) is 4.18. The molecule has 1 aromatic rings. The Morgan fingerprint density at radius 3 is 2.39 bits per heavy atom. The quantitative estimate of drug-likeness (QED) is 0.596. The van der Waals surface area contributed by atoms with E-state index in [4.69, 9.17) is 9.97 Å². The van der Waals surface area contributed by atoms with Crippen molar-refractivity contribution in [1.82, 2.24) is 19.8 Å². The fourth-order valence-electron chi connectivity index (χ4n) is 7.15. The summed E-state index contributed by atoms with van der Waals surface area (Å²) in [6.07, 6.45) is 10.7. The minimum Gasteiger partial charge on any atom is -0.367 e. The maximum absolute atomic E-state index is 12.2. The zero-order chi connectivity index (χ0) is 25.4. The second kappa shape index (κ2) is 10.6. The molecule has 36 heavy (non-hydrogen) atoms. The second-order valence-electron chi connectivity index (χ2n) is 11.9. The molecule has 3 heterocycles. The normalized spacial score (nSPS) is 29.6. The molecule has 2 aliphatic carbocycles. The van der Waals surface area contributed by atoms with Crippen molar-refractivity contribution in [2.45, 2.75) is 97.3 Å². The van der Waals surface area contributed by atoms with Gasteiger partial charge in [0.2, 0.25) is 11.9 Å². The van der Waals surface area contributed by atoms with Gasteiger partial charge in [0.1, 0.15) is 18.1 Å². The third-order valence-corrected chi connectivity index (χ3v) is 9.46. The average molecular weight is 497 g/mol. The number of fused-ring (bicyclic) bond motifs is 2. The van der Waals surface area contributed by atoms with Crippen LogP contribution in [-0.2, 0) is 16.1 Å². The predicted octanol–water partition coefficient (Wildman–Crippen LogP) is 4.02. The van der Waals surface area contributed by atoms with Gasteiger partial charge in [0.05, 0.1) is 5.69 Å². The largest absolute Gasteiger partial charge is 0.367 e. The Kier molecular flexibility index (Phi) is 7.52. The van der Waals surface area contributed by atoms with Gasteiger partial charge in [-0.25, -0.2) is 4.98 Å². The van der Waals surface area contributed by atoms with Crippen LogP contribution in [-0.4, -0.2) is 70.2 Å². The van der Waals surface area contributed by atoms with Gasteiger partial charge >= 0.3 is 0 Å². The monoisotopic (exact) mass is 496 g/mol. The molecular weight excluding hydrogens is 452 g/mol. The van der Waals surface area contributed by atoms with Crippen LogP contribution in [0.15, 0.2) is 0 Å². The number of aromatic nitrogens is 2.